The first-order valence-electron chi connectivity index (χ1n) is 18.2. The van der Waals surface area contributed by atoms with E-state index in [0.29, 0.717) is 45.7 Å². The highest BCUT2D eigenvalue weighted by Gasteiger charge is 2.13. The number of urea groups is 2. The van der Waals surface area contributed by atoms with Crippen LogP contribution in [-0.2, 0) is 14.1 Å². The van der Waals surface area contributed by atoms with Gasteiger partial charge in [0.25, 0.3) is 11.8 Å². The van der Waals surface area contributed by atoms with Crippen molar-refractivity contribution in [3.63, 3.8) is 0 Å². The number of carbonyl (C=O) groups is 4. The number of aryl methyl sites for hydroxylation is 2. The average Bonchev–Trinajstić information content (AvgIpc) is 3.80. The molecule has 6 amide bonds. The Kier molecular flexibility index (Phi) is 12.4. The summed E-state index contributed by atoms with van der Waals surface area (Å²) in [5.74, 6) is 0.177. The van der Waals surface area contributed by atoms with Gasteiger partial charge in [0.2, 0.25) is 0 Å². The number of hydrogen-bond acceptors (Lipinski definition) is 10. The van der Waals surface area contributed by atoms with Gasteiger partial charge in [0.1, 0.15) is 34.4 Å². The minimum Gasteiger partial charge on any atom is -0.457 e. The number of aromatic nitrogens is 6. The van der Waals surface area contributed by atoms with Gasteiger partial charge in [0, 0.05) is 72.5 Å². The van der Waals surface area contributed by atoms with Crippen LogP contribution >= 0.6 is 23.2 Å². The number of nitrogens with one attached hydrogen (secondary N) is 4. The predicted molar refractivity (Wildman–Crippen MR) is 235 cm³/mol. The maximum absolute atomic E-state index is 12.4. The number of hydrogen-bond donors (Lipinski definition) is 6. The second-order valence-electron chi connectivity index (χ2n) is 13.2. The number of nitrogens with zero attached hydrogens (tertiary/aromatic N) is 6. The van der Waals surface area contributed by atoms with E-state index in [4.69, 9.17) is 44.1 Å². The van der Waals surface area contributed by atoms with E-state index in [0.717, 1.165) is 21.8 Å². The number of carbonyl (C=O) groups excluding carboxylic acids is 4. The zero-order valence-corrected chi connectivity index (χ0v) is 34.1. The van der Waals surface area contributed by atoms with Crippen LogP contribution in [0.4, 0.5) is 32.3 Å². The molecule has 0 saturated carbocycles. The number of nitrogens with two attached hydrogens (primary N) is 2. The summed E-state index contributed by atoms with van der Waals surface area (Å²) in [4.78, 5) is 54.9. The van der Waals surface area contributed by atoms with Crippen molar-refractivity contribution in [2.24, 2.45) is 25.6 Å². The zero-order chi connectivity index (χ0) is 43.9. The van der Waals surface area contributed by atoms with Crippen LogP contribution in [-0.4, -0.2) is 53.4 Å². The number of halogens is 2. The van der Waals surface area contributed by atoms with Crippen molar-refractivity contribution in [1.29, 1.82) is 0 Å². The minimum atomic E-state index is -0.662. The number of pyridine rings is 2. The summed E-state index contributed by atoms with van der Waals surface area (Å²) < 4.78 is 14.9. The summed E-state index contributed by atoms with van der Waals surface area (Å²) in [5.41, 5.74) is 14.7. The third-order valence-electron chi connectivity index (χ3n) is 8.82. The summed E-state index contributed by atoms with van der Waals surface area (Å²) in [6.45, 7) is 0. The number of anilines is 4. The predicted octanol–water partition coefficient (Wildman–Crippen LogP) is 8.31. The Labute approximate surface area is 361 Å². The van der Waals surface area contributed by atoms with Crippen LogP contribution in [0.3, 0.4) is 0 Å². The highest BCUT2D eigenvalue weighted by atomic mass is 35.5. The van der Waals surface area contributed by atoms with E-state index >= 15 is 0 Å². The van der Waals surface area contributed by atoms with Crippen LogP contribution in [0.5, 0.6) is 23.0 Å². The van der Waals surface area contributed by atoms with Crippen molar-refractivity contribution in [3.8, 4) is 23.0 Å². The van der Waals surface area contributed by atoms with E-state index in [2.05, 4.69) is 41.4 Å². The molecule has 0 radical (unpaired) electrons. The second-order valence-corrected chi connectivity index (χ2v) is 14.0. The van der Waals surface area contributed by atoms with Crippen molar-refractivity contribution >= 4 is 91.6 Å². The summed E-state index contributed by atoms with van der Waals surface area (Å²) in [6, 6.07) is 25.7. The first-order valence-corrected chi connectivity index (χ1v) is 19.0. The van der Waals surface area contributed by atoms with Crippen molar-refractivity contribution in [1.82, 2.24) is 29.5 Å². The van der Waals surface area contributed by atoms with Gasteiger partial charge in [0.05, 0.1) is 39.2 Å². The molecule has 8 N–H and O–H groups in total. The monoisotopic (exact) mass is 872 g/mol. The van der Waals surface area contributed by atoms with Crippen molar-refractivity contribution < 1.29 is 28.7 Å². The van der Waals surface area contributed by atoms with Crippen LogP contribution < -0.4 is 42.2 Å². The fourth-order valence-corrected chi connectivity index (χ4v) is 6.30. The summed E-state index contributed by atoms with van der Waals surface area (Å²) in [7, 11) is 3.70. The van der Waals surface area contributed by atoms with Gasteiger partial charge >= 0.3 is 12.1 Å². The Balaban J connectivity index is 0.000000186. The lowest BCUT2D eigenvalue weighted by atomic mass is 10.2. The van der Waals surface area contributed by atoms with Gasteiger partial charge < -0.3 is 42.2 Å². The fraction of sp³-hybridized carbons (Fsp3) is 0.0476. The molecule has 20 heteroatoms. The van der Waals surface area contributed by atoms with Crippen LogP contribution in [0.2, 0.25) is 10.0 Å². The molecule has 0 atom stereocenters. The molecule has 0 aliphatic heterocycles. The van der Waals surface area contributed by atoms with Crippen molar-refractivity contribution in [2.45, 2.75) is 0 Å². The van der Waals surface area contributed by atoms with Gasteiger partial charge in [0.15, 0.2) is 0 Å². The molecular weight excluding hydrogens is 839 g/mol. The molecule has 4 aromatic heterocycles. The van der Waals surface area contributed by atoms with Crippen LogP contribution in [0.1, 0.15) is 21.0 Å². The molecule has 4 heterocycles. The zero-order valence-electron chi connectivity index (χ0n) is 32.6. The van der Waals surface area contributed by atoms with E-state index in [1.54, 1.807) is 82.4 Å². The molecule has 312 valence electrons. The molecule has 0 saturated heterocycles. The molecule has 0 aliphatic carbocycles. The van der Waals surface area contributed by atoms with Gasteiger partial charge in [-0.25, -0.2) is 9.59 Å². The van der Waals surface area contributed by atoms with E-state index < -0.39 is 23.9 Å². The van der Waals surface area contributed by atoms with Gasteiger partial charge in [-0.1, -0.05) is 23.2 Å². The standard InChI is InChI=1S/2C21H17ClN6O3/c1-28-19-5-2-13(8-12(19)11-25-28)26-21(30)27-17-4-3-14(9-16(17)22)31-15-6-7-24-18(10-15)20(23)29;1-28-18-4-2-13(8-12(18)11-25-28)26-21(30)27-14-3-5-19(16(22)9-14)31-15-6-7-24-17(10-15)20(23)29/h2*2-11H,1H3,(H2,23,29)(H2,26,27,30). The Morgan fingerprint density at radius 1 is 0.548 bits per heavy atom. The lowest BCUT2D eigenvalue weighted by Gasteiger charge is -2.11. The molecule has 62 heavy (non-hydrogen) atoms. The first kappa shape index (κ1) is 41.9. The topological polar surface area (TPSA) is 248 Å². The molecule has 8 rings (SSSR count). The number of primary amides is 2. The van der Waals surface area contributed by atoms with E-state index in [1.165, 1.54) is 24.5 Å². The van der Waals surface area contributed by atoms with Crippen molar-refractivity contribution in [2.75, 3.05) is 21.3 Å². The molecule has 0 spiro atoms. The number of fused-ring (bicyclic) bond motifs is 2. The summed E-state index contributed by atoms with van der Waals surface area (Å²) in [5, 5.41) is 21.7. The number of ether oxygens (including phenoxy) is 2. The van der Waals surface area contributed by atoms with Crippen LogP contribution in [0, 0.1) is 0 Å². The second kappa shape index (κ2) is 18.4. The number of benzene rings is 4. The Bertz CT molecular complexity index is 3010. The van der Waals surface area contributed by atoms with Gasteiger partial charge in [-0.3, -0.25) is 28.9 Å². The highest BCUT2D eigenvalue weighted by molar-refractivity contribution is 6.34. The molecule has 0 unspecified atom stereocenters. The SMILES string of the molecule is Cn1ncc2cc(NC(=O)Nc3ccc(Oc4ccnc(C(N)=O)c4)c(Cl)c3)ccc21.Cn1ncc2cc(NC(=O)Nc3ccc(Oc4ccnc(C(N)=O)c4)cc3Cl)ccc21. The first-order chi connectivity index (χ1) is 29.8. The Morgan fingerprint density at radius 3 is 1.55 bits per heavy atom. The number of amides is 6. The summed E-state index contributed by atoms with van der Waals surface area (Å²) in [6.07, 6.45) is 6.28. The molecular formula is C42H34Cl2N12O6. The molecule has 8 aromatic rings. The quantitative estimate of drug-likeness (QED) is 0.0767. The lowest BCUT2D eigenvalue weighted by molar-refractivity contribution is 0.0987. The molecule has 0 aliphatic rings. The lowest BCUT2D eigenvalue weighted by Crippen LogP contribution is -2.19. The molecule has 18 nitrogen and oxygen atoms in total. The van der Waals surface area contributed by atoms with Crippen LogP contribution in [0.25, 0.3) is 21.8 Å². The van der Waals surface area contributed by atoms with Gasteiger partial charge in [-0.05, 0) is 78.9 Å². The Hall–Kier alpha value is -8.22. The molecule has 0 bridgehead atoms. The van der Waals surface area contributed by atoms with Gasteiger partial charge in [-0.15, -0.1) is 0 Å². The maximum atomic E-state index is 12.4. The summed E-state index contributed by atoms with van der Waals surface area (Å²) >= 11 is 12.6. The van der Waals surface area contributed by atoms with E-state index in [-0.39, 0.29) is 21.4 Å². The van der Waals surface area contributed by atoms with E-state index in [1.807, 2.05) is 38.4 Å². The largest absolute Gasteiger partial charge is 0.457 e. The third kappa shape index (κ3) is 10.3. The molecule has 4 aromatic carbocycles. The van der Waals surface area contributed by atoms with Crippen molar-refractivity contribution in [3.05, 3.63) is 143 Å². The van der Waals surface area contributed by atoms with E-state index in [9.17, 15) is 19.2 Å². The van der Waals surface area contributed by atoms with Crippen LogP contribution in [0.15, 0.2) is 122 Å². The van der Waals surface area contributed by atoms with Gasteiger partial charge in [-0.2, -0.15) is 10.2 Å². The molecule has 0 fully saturated rings. The smallest absolute Gasteiger partial charge is 0.323 e. The fourth-order valence-electron chi connectivity index (χ4n) is 5.86. The number of rotatable bonds is 10. The highest BCUT2D eigenvalue weighted by Crippen LogP contribution is 2.33. The normalized spacial score (nSPS) is 10.6. The maximum Gasteiger partial charge on any atom is 0.323 e. The Morgan fingerprint density at radius 2 is 1.03 bits per heavy atom. The third-order valence-corrected chi connectivity index (χ3v) is 9.43. The minimum absolute atomic E-state index is 0.0769. The average molecular weight is 874 g/mol.